The standard InChI is InChI=1S/C25H30N2OS/c1-18-9-10-19(2)24(15-18)29-17-20(3)26-11-13-27(14-12-26)25(28)23-16-22(23)21-7-5-4-6-8-21/h4-10,15,22-23H,3,11-14,16-17H2,1-2H3/t22-,23+/m0/s1. The van der Waals surface area contributed by atoms with E-state index in [1.54, 1.807) is 0 Å². The van der Waals surface area contributed by atoms with Crippen molar-refractivity contribution in [3.8, 4) is 0 Å². The van der Waals surface area contributed by atoms with Gasteiger partial charge in [-0.3, -0.25) is 4.79 Å². The second-order valence-electron chi connectivity index (χ2n) is 8.30. The van der Waals surface area contributed by atoms with Gasteiger partial charge in [-0.25, -0.2) is 0 Å². The van der Waals surface area contributed by atoms with Crippen LogP contribution in [0.25, 0.3) is 0 Å². The number of piperazine rings is 1. The van der Waals surface area contributed by atoms with E-state index in [1.165, 1.54) is 21.6 Å². The van der Waals surface area contributed by atoms with Crippen LogP contribution in [0, 0.1) is 19.8 Å². The fraction of sp³-hybridized carbons (Fsp3) is 0.400. The van der Waals surface area contributed by atoms with Crippen molar-refractivity contribution < 1.29 is 4.79 Å². The summed E-state index contributed by atoms with van der Waals surface area (Å²) in [7, 11) is 0. The predicted octanol–water partition coefficient (Wildman–Crippen LogP) is 4.86. The van der Waals surface area contributed by atoms with Crippen LogP contribution in [-0.4, -0.2) is 47.6 Å². The van der Waals surface area contributed by atoms with Crippen LogP contribution >= 0.6 is 11.8 Å². The molecule has 2 aromatic carbocycles. The molecule has 0 unspecified atom stereocenters. The number of carbonyl (C=O) groups is 1. The molecule has 29 heavy (non-hydrogen) atoms. The lowest BCUT2D eigenvalue weighted by atomic mass is 10.1. The van der Waals surface area contributed by atoms with Gasteiger partial charge >= 0.3 is 0 Å². The van der Waals surface area contributed by atoms with E-state index < -0.39 is 0 Å². The van der Waals surface area contributed by atoms with Gasteiger partial charge in [0.15, 0.2) is 0 Å². The summed E-state index contributed by atoms with van der Waals surface area (Å²) < 4.78 is 0. The average Bonchev–Trinajstić information content (AvgIpc) is 3.55. The Hall–Kier alpha value is -2.20. The fourth-order valence-corrected chi connectivity index (χ4v) is 5.20. The van der Waals surface area contributed by atoms with Gasteiger partial charge in [-0.2, -0.15) is 0 Å². The van der Waals surface area contributed by atoms with Gasteiger partial charge in [0.2, 0.25) is 5.91 Å². The minimum atomic E-state index is 0.187. The number of hydrogen-bond acceptors (Lipinski definition) is 3. The number of carbonyl (C=O) groups excluding carboxylic acids is 1. The molecule has 0 N–H and O–H groups in total. The molecule has 1 aliphatic carbocycles. The Balaban J connectivity index is 1.24. The monoisotopic (exact) mass is 406 g/mol. The molecule has 2 aromatic rings. The molecule has 4 rings (SSSR count). The highest BCUT2D eigenvalue weighted by Gasteiger charge is 2.45. The Bertz CT molecular complexity index is 887. The number of benzene rings is 2. The average molecular weight is 407 g/mol. The van der Waals surface area contributed by atoms with Crippen LogP contribution in [0.15, 0.2) is 65.7 Å². The van der Waals surface area contributed by atoms with E-state index in [1.807, 2.05) is 17.8 Å². The summed E-state index contributed by atoms with van der Waals surface area (Å²) in [5.74, 6) is 1.85. The molecule has 2 fully saturated rings. The van der Waals surface area contributed by atoms with Crippen molar-refractivity contribution in [1.82, 2.24) is 9.80 Å². The molecule has 0 bridgehead atoms. The molecular formula is C25H30N2OS. The Kier molecular flexibility index (Phi) is 6.00. The van der Waals surface area contributed by atoms with Gasteiger partial charge in [-0.05, 0) is 43.4 Å². The summed E-state index contributed by atoms with van der Waals surface area (Å²) in [5, 5.41) is 0. The van der Waals surface area contributed by atoms with Crippen LogP contribution in [0.4, 0.5) is 0 Å². The van der Waals surface area contributed by atoms with Crippen LogP contribution in [0.3, 0.4) is 0 Å². The molecule has 0 spiro atoms. The predicted molar refractivity (Wildman–Crippen MR) is 121 cm³/mol. The number of hydrogen-bond donors (Lipinski definition) is 0. The SMILES string of the molecule is C=C(CSc1cc(C)ccc1C)N1CCN(C(=O)[C@@H]2C[C@H]2c2ccccc2)CC1. The zero-order valence-corrected chi connectivity index (χ0v) is 18.3. The molecule has 1 amide bonds. The molecule has 1 heterocycles. The minimum Gasteiger partial charge on any atom is -0.371 e. The van der Waals surface area contributed by atoms with Crippen molar-refractivity contribution in [2.45, 2.75) is 31.1 Å². The quantitative estimate of drug-likeness (QED) is 0.640. The summed E-state index contributed by atoms with van der Waals surface area (Å²) in [4.78, 5) is 18.6. The molecule has 4 heteroatoms. The highest BCUT2D eigenvalue weighted by molar-refractivity contribution is 7.99. The first-order chi connectivity index (χ1) is 14.0. The molecule has 1 saturated heterocycles. The van der Waals surface area contributed by atoms with Crippen LogP contribution < -0.4 is 0 Å². The summed E-state index contributed by atoms with van der Waals surface area (Å²) >= 11 is 1.86. The molecule has 2 aliphatic rings. The van der Waals surface area contributed by atoms with E-state index in [0.29, 0.717) is 11.8 Å². The Morgan fingerprint density at radius 2 is 1.72 bits per heavy atom. The number of amides is 1. The van der Waals surface area contributed by atoms with Gasteiger partial charge in [-0.15, -0.1) is 11.8 Å². The molecular weight excluding hydrogens is 376 g/mol. The van der Waals surface area contributed by atoms with Crippen LogP contribution in [-0.2, 0) is 4.79 Å². The summed E-state index contributed by atoms with van der Waals surface area (Å²) in [6, 6.07) is 17.1. The second kappa shape index (κ2) is 8.66. The number of thioether (sulfide) groups is 1. The van der Waals surface area contributed by atoms with E-state index in [4.69, 9.17) is 0 Å². The summed E-state index contributed by atoms with van der Waals surface area (Å²) in [5.41, 5.74) is 5.09. The van der Waals surface area contributed by atoms with Crippen LogP contribution in [0.1, 0.15) is 29.0 Å². The van der Waals surface area contributed by atoms with Crippen molar-refractivity contribution in [3.63, 3.8) is 0 Å². The van der Waals surface area contributed by atoms with Crippen LogP contribution in [0.2, 0.25) is 0 Å². The van der Waals surface area contributed by atoms with Gasteiger partial charge in [0.1, 0.15) is 0 Å². The van der Waals surface area contributed by atoms with Crippen molar-refractivity contribution in [1.29, 1.82) is 0 Å². The van der Waals surface area contributed by atoms with Gasteiger partial charge in [0, 0.05) is 48.4 Å². The smallest absolute Gasteiger partial charge is 0.226 e. The molecule has 0 aromatic heterocycles. The zero-order chi connectivity index (χ0) is 20.4. The third kappa shape index (κ3) is 4.69. The highest BCUT2D eigenvalue weighted by atomic mass is 32.2. The topological polar surface area (TPSA) is 23.6 Å². The summed E-state index contributed by atoms with van der Waals surface area (Å²) in [6.07, 6.45) is 1.00. The van der Waals surface area contributed by atoms with Crippen LogP contribution in [0.5, 0.6) is 0 Å². The lowest BCUT2D eigenvalue weighted by Crippen LogP contribution is -2.48. The molecule has 1 saturated carbocycles. The van der Waals surface area contributed by atoms with Gasteiger partial charge < -0.3 is 9.80 Å². The van der Waals surface area contributed by atoms with E-state index in [2.05, 4.69) is 72.7 Å². The van der Waals surface area contributed by atoms with Crippen molar-refractivity contribution in [2.75, 3.05) is 31.9 Å². The first-order valence-electron chi connectivity index (χ1n) is 10.5. The maximum absolute atomic E-state index is 12.9. The first kappa shape index (κ1) is 20.1. The first-order valence-corrected chi connectivity index (χ1v) is 11.5. The largest absolute Gasteiger partial charge is 0.371 e. The lowest BCUT2D eigenvalue weighted by molar-refractivity contribution is -0.134. The molecule has 152 valence electrons. The van der Waals surface area contributed by atoms with Gasteiger partial charge in [0.25, 0.3) is 0 Å². The minimum absolute atomic E-state index is 0.187. The fourth-order valence-electron chi connectivity index (χ4n) is 4.13. The maximum Gasteiger partial charge on any atom is 0.226 e. The Labute approximate surface area is 178 Å². The number of aryl methyl sites for hydroxylation is 2. The van der Waals surface area contributed by atoms with E-state index in [0.717, 1.165) is 44.0 Å². The van der Waals surface area contributed by atoms with Crippen molar-refractivity contribution >= 4 is 17.7 Å². The lowest BCUT2D eigenvalue weighted by Gasteiger charge is -2.37. The highest BCUT2D eigenvalue weighted by Crippen LogP contribution is 2.48. The molecule has 2 atom stereocenters. The third-order valence-corrected chi connectivity index (χ3v) is 7.34. The van der Waals surface area contributed by atoms with Crippen molar-refractivity contribution in [3.05, 3.63) is 77.5 Å². The molecule has 3 nitrogen and oxygen atoms in total. The third-order valence-electron chi connectivity index (χ3n) is 6.11. The van der Waals surface area contributed by atoms with Gasteiger partial charge in [-0.1, -0.05) is 54.6 Å². The Morgan fingerprint density at radius 3 is 2.45 bits per heavy atom. The van der Waals surface area contributed by atoms with E-state index in [-0.39, 0.29) is 5.92 Å². The number of nitrogens with zero attached hydrogens (tertiary/aromatic N) is 2. The zero-order valence-electron chi connectivity index (χ0n) is 17.4. The van der Waals surface area contributed by atoms with Crippen molar-refractivity contribution in [2.24, 2.45) is 5.92 Å². The molecule has 0 radical (unpaired) electrons. The van der Waals surface area contributed by atoms with E-state index >= 15 is 0 Å². The number of rotatable bonds is 6. The Morgan fingerprint density at radius 1 is 1.03 bits per heavy atom. The normalized spacial score (nSPS) is 21.2. The van der Waals surface area contributed by atoms with E-state index in [9.17, 15) is 4.79 Å². The van der Waals surface area contributed by atoms with Gasteiger partial charge in [0.05, 0.1) is 0 Å². The second-order valence-corrected chi connectivity index (χ2v) is 9.31. The summed E-state index contributed by atoms with van der Waals surface area (Å²) in [6.45, 7) is 12.0. The maximum atomic E-state index is 12.9. The molecule has 1 aliphatic heterocycles.